The molecule has 0 radical (unpaired) electrons. The number of thioether (sulfide) groups is 2. The maximum atomic E-state index is 11.7. The van der Waals surface area contributed by atoms with E-state index in [1.54, 1.807) is 17.6 Å². The molecule has 0 aliphatic carbocycles. The number of rotatable bonds is 6. The number of thiophene rings is 1. The highest BCUT2D eigenvalue weighted by molar-refractivity contribution is 8.19. The minimum atomic E-state index is -0.275. The Kier molecular flexibility index (Phi) is 6.01. The van der Waals surface area contributed by atoms with Crippen LogP contribution in [0.5, 0.6) is 5.75 Å². The topological polar surface area (TPSA) is 50.7 Å². The molecule has 1 aliphatic rings. The Morgan fingerprint density at radius 2 is 2.04 bits per heavy atom. The molecule has 0 unspecified atom stereocenters. The summed E-state index contributed by atoms with van der Waals surface area (Å²) in [5, 5.41) is 7.80. The zero-order chi connectivity index (χ0) is 15.9. The van der Waals surface area contributed by atoms with Crippen molar-refractivity contribution in [1.29, 1.82) is 0 Å². The van der Waals surface area contributed by atoms with Gasteiger partial charge in [-0.2, -0.15) is 16.4 Å². The van der Waals surface area contributed by atoms with Gasteiger partial charge in [-0.25, -0.2) is 5.43 Å². The number of hydrogen-bond acceptors (Lipinski definition) is 6. The molecule has 2 heterocycles. The zero-order valence-electron chi connectivity index (χ0n) is 12.3. The Hall–Kier alpha value is -1.44. The van der Waals surface area contributed by atoms with Crippen LogP contribution in [0.25, 0.3) is 0 Å². The quantitative estimate of drug-likeness (QED) is 0.626. The average molecular weight is 365 g/mol. The number of carbonyl (C=O) groups is 1. The SMILES string of the molecule is O=C(COc1ccc(C2SCCS2)cc1)N/N=C\c1ccsc1. The summed E-state index contributed by atoms with van der Waals surface area (Å²) in [6, 6.07) is 9.89. The van der Waals surface area contributed by atoms with Crippen molar-refractivity contribution in [2.45, 2.75) is 4.58 Å². The second kappa shape index (κ2) is 8.42. The molecule has 0 spiro atoms. The highest BCUT2D eigenvalue weighted by Gasteiger charge is 2.17. The molecule has 0 bridgehead atoms. The summed E-state index contributed by atoms with van der Waals surface area (Å²) < 4.78 is 6.00. The van der Waals surface area contributed by atoms with E-state index >= 15 is 0 Å². The summed E-state index contributed by atoms with van der Waals surface area (Å²) in [4.78, 5) is 11.7. The third kappa shape index (κ3) is 5.02. The van der Waals surface area contributed by atoms with Crippen molar-refractivity contribution in [2.24, 2.45) is 5.10 Å². The van der Waals surface area contributed by atoms with Gasteiger partial charge in [0.1, 0.15) is 5.75 Å². The molecule has 1 saturated heterocycles. The van der Waals surface area contributed by atoms with Gasteiger partial charge >= 0.3 is 0 Å². The number of amides is 1. The van der Waals surface area contributed by atoms with Crippen molar-refractivity contribution >= 4 is 47.0 Å². The van der Waals surface area contributed by atoms with Crippen molar-refractivity contribution in [3.8, 4) is 5.75 Å². The summed E-state index contributed by atoms with van der Waals surface area (Å²) in [6.45, 7) is -0.0484. The lowest BCUT2D eigenvalue weighted by Crippen LogP contribution is -2.24. The smallest absolute Gasteiger partial charge is 0.277 e. The molecule has 1 aliphatic heterocycles. The first-order valence-corrected chi connectivity index (χ1v) is 10.2. The third-order valence-corrected chi connectivity index (χ3v) is 6.90. The first-order valence-electron chi connectivity index (χ1n) is 7.11. The standard InChI is InChI=1S/C16H16N2O2S3/c19-15(18-17-9-12-5-6-21-11-12)10-20-14-3-1-13(2-4-14)16-22-7-8-23-16/h1-6,9,11,16H,7-8,10H2,(H,18,19)/b17-9-. The number of hydrogen-bond donors (Lipinski definition) is 1. The highest BCUT2D eigenvalue weighted by Crippen LogP contribution is 2.45. The third-order valence-electron chi connectivity index (χ3n) is 3.09. The lowest BCUT2D eigenvalue weighted by Gasteiger charge is -2.09. The Labute approximate surface area is 147 Å². The van der Waals surface area contributed by atoms with Gasteiger partial charge in [-0.05, 0) is 34.5 Å². The molecule has 2 aromatic rings. The number of hydrazone groups is 1. The zero-order valence-corrected chi connectivity index (χ0v) is 14.8. The molecule has 1 fully saturated rings. The van der Waals surface area contributed by atoms with E-state index in [9.17, 15) is 4.79 Å². The van der Waals surface area contributed by atoms with Crippen LogP contribution in [-0.4, -0.2) is 30.2 Å². The lowest BCUT2D eigenvalue weighted by atomic mass is 10.2. The molecule has 3 rings (SSSR count). The van der Waals surface area contributed by atoms with E-state index in [-0.39, 0.29) is 12.5 Å². The number of carbonyl (C=O) groups excluding carboxylic acids is 1. The van der Waals surface area contributed by atoms with Crippen LogP contribution in [0.2, 0.25) is 0 Å². The van der Waals surface area contributed by atoms with Crippen LogP contribution in [0.1, 0.15) is 15.7 Å². The summed E-state index contributed by atoms with van der Waals surface area (Å²) in [6.07, 6.45) is 1.61. The van der Waals surface area contributed by atoms with Gasteiger partial charge in [0.05, 0.1) is 10.8 Å². The van der Waals surface area contributed by atoms with Crippen LogP contribution in [0.4, 0.5) is 0 Å². The van der Waals surface area contributed by atoms with Crippen LogP contribution in [0.3, 0.4) is 0 Å². The van der Waals surface area contributed by atoms with Crippen molar-refractivity contribution in [2.75, 3.05) is 18.1 Å². The summed E-state index contributed by atoms with van der Waals surface area (Å²) in [7, 11) is 0. The molecular formula is C16H16N2O2S3. The van der Waals surface area contributed by atoms with E-state index in [1.165, 1.54) is 17.1 Å². The fourth-order valence-corrected chi connectivity index (χ4v) is 5.45. The predicted molar refractivity (Wildman–Crippen MR) is 99.6 cm³/mol. The van der Waals surface area contributed by atoms with Gasteiger partial charge in [0.2, 0.25) is 0 Å². The molecule has 0 atom stereocenters. The summed E-state index contributed by atoms with van der Waals surface area (Å²) >= 11 is 5.53. The van der Waals surface area contributed by atoms with Crippen LogP contribution in [-0.2, 0) is 4.79 Å². The van der Waals surface area contributed by atoms with Crippen LogP contribution in [0.15, 0.2) is 46.2 Å². The van der Waals surface area contributed by atoms with Crippen molar-refractivity contribution in [1.82, 2.24) is 5.43 Å². The van der Waals surface area contributed by atoms with Crippen molar-refractivity contribution < 1.29 is 9.53 Å². The van der Waals surface area contributed by atoms with E-state index < -0.39 is 0 Å². The van der Waals surface area contributed by atoms with E-state index in [4.69, 9.17) is 4.74 Å². The van der Waals surface area contributed by atoms with Crippen molar-refractivity contribution in [3.05, 3.63) is 52.2 Å². The van der Waals surface area contributed by atoms with Crippen LogP contribution < -0.4 is 10.2 Å². The van der Waals surface area contributed by atoms with Gasteiger partial charge in [-0.15, -0.1) is 23.5 Å². The molecule has 120 valence electrons. The second-order valence-corrected chi connectivity index (χ2v) is 8.29. The molecule has 4 nitrogen and oxygen atoms in total. The first-order chi connectivity index (χ1) is 11.3. The minimum Gasteiger partial charge on any atom is -0.484 e. The van der Waals surface area contributed by atoms with Crippen LogP contribution >= 0.6 is 34.9 Å². The van der Waals surface area contributed by atoms with E-state index in [0.717, 1.165) is 5.56 Å². The summed E-state index contributed by atoms with van der Waals surface area (Å²) in [5.74, 6) is 2.83. The number of ether oxygens (including phenoxy) is 1. The average Bonchev–Trinajstić information content (AvgIpc) is 3.27. The molecule has 1 N–H and O–H groups in total. The Bertz CT molecular complexity index is 650. The van der Waals surface area contributed by atoms with E-state index in [2.05, 4.69) is 22.7 Å². The number of nitrogens with one attached hydrogen (secondary N) is 1. The highest BCUT2D eigenvalue weighted by atomic mass is 32.2. The van der Waals surface area contributed by atoms with Gasteiger partial charge in [0.15, 0.2) is 6.61 Å². The molecule has 7 heteroatoms. The van der Waals surface area contributed by atoms with Gasteiger partial charge in [0.25, 0.3) is 5.91 Å². The summed E-state index contributed by atoms with van der Waals surface area (Å²) in [5.41, 5.74) is 4.72. The molecule has 1 aromatic carbocycles. The fourth-order valence-electron chi connectivity index (χ4n) is 1.98. The maximum absolute atomic E-state index is 11.7. The van der Waals surface area contributed by atoms with Crippen LogP contribution in [0, 0.1) is 0 Å². The largest absolute Gasteiger partial charge is 0.484 e. The fraction of sp³-hybridized carbons (Fsp3) is 0.250. The Morgan fingerprint density at radius 3 is 2.74 bits per heavy atom. The molecular weight excluding hydrogens is 348 g/mol. The van der Waals surface area contributed by atoms with Gasteiger partial charge in [0, 0.05) is 17.1 Å². The lowest BCUT2D eigenvalue weighted by molar-refractivity contribution is -0.123. The Balaban J connectivity index is 1.43. The van der Waals surface area contributed by atoms with E-state index in [0.29, 0.717) is 10.3 Å². The molecule has 1 aromatic heterocycles. The second-order valence-electron chi connectivity index (χ2n) is 4.78. The maximum Gasteiger partial charge on any atom is 0.277 e. The minimum absolute atomic E-state index is 0.0484. The normalized spacial score (nSPS) is 15.1. The predicted octanol–water partition coefficient (Wildman–Crippen LogP) is 3.76. The molecule has 1 amide bonds. The Morgan fingerprint density at radius 1 is 1.26 bits per heavy atom. The molecule has 0 saturated carbocycles. The van der Waals surface area contributed by atoms with Crippen molar-refractivity contribution in [3.63, 3.8) is 0 Å². The molecule has 23 heavy (non-hydrogen) atoms. The van der Waals surface area contributed by atoms with E-state index in [1.807, 2.05) is 52.5 Å². The number of benzene rings is 1. The van der Waals surface area contributed by atoms with Gasteiger partial charge < -0.3 is 4.74 Å². The monoisotopic (exact) mass is 364 g/mol. The first kappa shape index (κ1) is 16.4. The van der Waals surface area contributed by atoms with Gasteiger partial charge in [-0.1, -0.05) is 12.1 Å². The van der Waals surface area contributed by atoms with Gasteiger partial charge in [-0.3, -0.25) is 4.79 Å². The number of nitrogens with zero attached hydrogens (tertiary/aromatic N) is 1.